The maximum absolute atomic E-state index is 11.1. The summed E-state index contributed by atoms with van der Waals surface area (Å²) >= 11 is 0. The van der Waals surface area contributed by atoms with E-state index >= 15 is 0 Å². The van der Waals surface area contributed by atoms with Crippen LogP contribution in [0.5, 0.6) is 11.5 Å². The average molecular weight is 293 g/mol. The first kappa shape index (κ1) is 15.6. The van der Waals surface area contributed by atoms with Crippen LogP contribution in [0.15, 0.2) is 24.3 Å². The molecule has 1 N–H and O–H groups in total. The third-order valence-electron chi connectivity index (χ3n) is 3.99. The lowest BCUT2D eigenvalue weighted by Gasteiger charge is -2.23. The van der Waals surface area contributed by atoms with E-state index in [2.05, 4.69) is 4.90 Å². The predicted molar refractivity (Wildman–Crippen MR) is 79.9 cm³/mol. The smallest absolute Gasteiger partial charge is 0.308 e. The van der Waals surface area contributed by atoms with Gasteiger partial charge in [-0.3, -0.25) is 9.69 Å². The van der Waals surface area contributed by atoms with Crippen LogP contribution in [0.1, 0.15) is 20.3 Å². The highest BCUT2D eigenvalue weighted by Crippen LogP contribution is 2.27. The molecule has 0 aliphatic carbocycles. The lowest BCUT2D eigenvalue weighted by molar-refractivity contribution is -0.142. The molecule has 1 fully saturated rings. The van der Waals surface area contributed by atoms with Crippen molar-refractivity contribution in [2.45, 2.75) is 26.3 Å². The van der Waals surface area contributed by atoms with Crippen LogP contribution in [0.25, 0.3) is 0 Å². The van der Waals surface area contributed by atoms with E-state index in [1.807, 2.05) is 38.1 Å². The lowest BCUT2D eigenvalue weighted by atomic mass is 10.0. The Hall–Kier alpha value is -1.75. The molecule has 2 atom stereocenters. The van der Waals surface area contributed by atoms with Crippen LogP contribution in [0.3, 0.4) is 0 Å². The Labute approximate surface area is 125 Å². The zero-order chi connectivity index (χ0) is 15.2. The zero-order valence-corrected chi connectivity index (χ0v) is 12.6. The second-order valence-corrected chi connectivity index (χ2v) is 5.24. The highest BCUT2D eigenvalue weighted by atomic mass is 16.5. The second-order valence-electron chi connectivity index (χ2n) is 5.24. The molecular weight excluding hydrogens is 270 g/mol. The van der Waals surface area contributed by atoms with Crippen molar-refractivity contribution in [3.63, 3.8) is 0 Å². The molecule has 0 spiro atoms. The van der Waals surface area contributed by atoms with Crippen molar-refractivity contribution < 1.29 is 19.4 Å². The van der Waals surface area contributed by atoms with Crippen LogP contribution >= 0.6 is 0 Å². The van der Waals surface area contributed by atoms with Gasteiger partial charge in [-0.25, -0.2) is 0 Å². The molecule has 0 amide bonds. The van der Waals surface area contributed by atoms with Gasteiger partial charge in [0.1, 0.15) is 6.61 Å². The van der Waals surface area contributed by atoms with Gasteiger partial charge < -0.3 is 14.6 Å². The van der Waals surface area contributed by atoms with Gasteiger partial charge >= 0.3 is 5.97 Å². The number of aliphatic carboxylic acids is 1. The van der Waals surface area contributed by atoms with Gasteiger partial charge in [-0.15, -0.1) is 0 Å². The predicted octanol–water partition coefficient (Wildman–Crippen LogP) is 2.26. The van der Waals surface area contributed by atoms with E-state index in [-0.39, 0.29) is 12.0 Å². The number of carboxylic acid groups (broad SMARTS) is 1. The van der Waals surface area contributed by atoms with Crippen LogP contribution in [-0.2, 0) is 4.79 Å². The summed E-state index contributed by atoms with van der Waals surface area (Å²) < 4.78 is 11.3. The summed E-state index contributed by atoms with van der Waals surface area (Å²) in [6.45, 7) is 6.58. The van der Waals surface area contributed by atoms with Crippen molar-refractivity contribution in [3.8, 4) is 11.5 Å². The highest BCUT2D eigenvalue weighted by Gasteiger charge is 2.35. The van der Waals surface area contributed by atoms with Crippen molar-refractivity contribution in [3.05, 3.63) is 24.3 Å². The minimum Gasteiger partial charge on any atom is -0.490 e. The van der Waals surface area contributed by atoms with Gasteiger partial charge in [-0.2, -0.15) is 0 Å². The van der Waals surface area contributed by atoms with E-state index in [1.165, 1.54) is 0 Å². The van der Waals surface area contributed by atoms with E-state index < -0.39 is 5.97 Å². The fraction of sp³-hybridized carbons (Fsp3) is 0.562. The summed E-state index contributed by atoms with van der Waals surface area (Å²) in [5, 5.41) is 9.13. The molecule has 1 aromatic rings. The molecule has 0 aromatic heterocycles. The first-order chi connectivity index (χ1) is 10.1. The monoisotopic (exact) mass is 293 g/mol. The molecule has 5 heteroatoms. The van der Waals surface area contributed by atoms with E-state index in [9.17, 15) is 4.79 Å². The average Bonchev–Trinajstić information content (AvgIpc) is 2.83. The van der Waals surface area contributed by atoms with Crippen molar-refractivity contribution in [1.29, 1.82) is 0 Å². The number of nitrogens with zero attached hydrogens (tertiary/aromatic N) is 1. The standard InChI is InChI=1S/C16H23NO4/c1-3-20-14-6-4-5-7-15(14)21-11-10-17-9-8-13(12(17)2)16(18)19/h4-7,12-13H,3,8-11H2,1-2H3,(H,18,19). The fourth-order valence-corrected chi connectivity index (χ4v) is 2.77. The Morgan fingerprint density at radius 2 is 2.00 bits per heavy atom. The van der Waals surface area contributed by atoms with Crippen LogP contribution < -0.4 is 9.47 Å². The fourth-order valence-electron chi connectivity index (χ4n) is 2.77. The first-order valence-corrected chi connectivity index (χ1v) is 7.45. The molecule has 116 valence electrons. The quantitative estimate of drug-likeness (QED) is 0.835. The molecule has 1 saturated heterocycles. The Morgan fingerprint density at radius 1 is 1.33 bits per heavy atom. The maximum Gasteiger partial charge on any atom is 0.308 e. The number of benzene rings is 1. The molecule has 0 saturated carbocycles. The molecular formula is C16H23NO4. The van der Waals surface area contributed by atoms with Gasteiger partial charge in [0.2, 0.25) is 0 Å². The first-order valence-electron chi connectivity index (χ1n) is 7.45. The molecule has 2 unspecified atom stereocenters. The van der Waals surface area contributed by atoms with E-state index in [0.29, 0.717) is 19.6 Å². The number of ether oxygens (including phenoxy) is 2. The number of para-hydroxylation sites is 2. The third kappa shape index (κ3) is 3.88. The molecule has 5 nitrogen and oxygen atoms in total. The number of likely N-dealkylation sites (tertiary alicyclic amines) is 1. The normalized spacial score (nSPS) is 22.2. The Kier molecular flexibility index (Phi) is 5.44. The van der Waals surface area contributed by atoms with Gasteiger partial charge in [0.15, 0.2) is 11.5 Å². The lowest BCUT2D eigenvalue weighted by Crippen LogP contribution is -2.35. The minimum absolute atomic E-state index is 0.0632. The number of hydrogen-bond acceptors (Lipinski definition) is 4. The SMILES string of the molecule is CCOc1ccccc1OCCN1CCC(C(=O)O)C1C. The number of carbonyl (C=O) groups is 1. The molecule has 1 aromatic carbocycles. The maximum atomic E-state index is 11.1. The van der Waals surface area contributed by atoms with Crippen molar-refractivity contribution in [1.82, 2.24) is 4.90 Å². The summed E-state index contributed by atoms with van der Waals surface area (Å²) in [5.41, 5.74) is 0. The van der Waals surface area contributed by atoms with E-state index in [4.69, 9.17) is 14.6 Å². The van der Waals surface area contributed by atoms with Crippen molar-refractivity contribution in [2.75, 3.05) is 26.3 Å². The molecule has 1 aliphatic heterocycles. The van der Waals surface area contributed by atoms with Crippen molar-refractivity contribution in [2.24, 2.45) is 5.92 Å². The summed E-state index contributed by atoms with van der Waals surface area (Å²) in [6.07, 6.45) is 0.714. The topological polar surface area (TPSA) is 59.0 Å². The Balaban J connectivity index is 1.84. The molecule has 1 heterocycles. The van der Waals surface area contributed by atoms with Gasteiger partial charge in [-0.1, -0.05) is 12.1 Å². The molecule has 0 radical (unpaired) electrons. The highest BCUT2D eigenvalue weighted by molar-refractivity contribution is 5.71. The van der Waals surface area contributed by atoms with Gasteiger partial charge in [0, 0.05) is 12.6 Å². The van der Waals surface area contributed by atoms with Crippen LogP contribution in [0.2, 0.25) is 0 Å². The summed E-state index contributed by atoms with van der Waals surface area (Å²) in [7, 11) is 0. The van der Waals surface area contributed by atoms with E-state index in [1.54, 1.807) is 0 Å². The molecule has 2 rings (SSSR count). The third-order valence-corrected chi connectivity index (χ3v) is 3.99. The van der Waals surface area contributed by atoms with Crippen LogP contribution in [0, 0.1) is 5.92 Å². The van der Waals surface area contributed by atoms with Crippen LogP contribution in [0.4, 0.5) is 0 Å². The second kappa shape index (κ2) is 7.31. The number of hydrogen-bond donors (Lipinski definition) is 1. The Bertz CT molecular complexity index is 477. The number of rotatable bonds is 7. The van der Waals surface area contributed by atoms with Gasteiger partial charge in [-0.05, 0) is 38.9 Å². The van der Waals surface area contributed by atoms with Gasteiger partial charge in [0.25, 0.3) is 0 Å². The molecule has 21 heavy (non-hydrogen) atoms. The van der Waals surface area contributed by atoms with Crippen LogP contribution in [-0.4, -0.2) is 48.3 Å². The summed E-state index contributed by atoms with van der Waals surface area (Å²) in [6, 6.07) is 7.67. The zero-order valence-electron chi connectivity index (χ0n) is 12.6. The molecule has 1 aliphatic rings. The Morgan fingerprint density at radius 3 is 2.57 bits per heavy atom. The minimum atomic E-state index is -0.701. The van der Waals surface area contributed by atoms with Gasteiger partial charge in [0.05, 0.1) is 12.5 Å². The number of carboxylic acids is 1. The summed E-state index contributed by atoms with van der Waals surface area (Å²) in [5.74, 6) is 0.521. The van der Waals surface area contributed by atoms with E-state index in [0.717, 1.165) is 24.6 Å². The summed E-state index contributed by atoms with van der Waals surface area (Å²) in [4.78, 5) is 13.3. The molecule has 0 bridgehead atoms. The largest absolute Gasteiger partial charge is 0.490 e. The van der Waals surface area contributed by atoms with Crippen molar-refractivity contribution >= 4 is 5.97 Å².